The largest absolute Gasteiger partial charge is 0.491 e. The van der Waals surface area contributed by atoms with Crippen LogP contribution in [0.3, 0.4) is 0 Å². The van der Waals surface area contributed by atoms with Gasteiger partial charge in [-0.3, -0.25) is 25.0 Å². The molecule has 0 saturated carbocycles. The van der Waals surface area contributed by atoms with E-state index in [1.807, 2.05) is 43.0 Å². The van der Waals surface area contributed by atoms with Crippen LogP contribution in [0, 0.1) is 6.92 Å². The molecule has 0 unspecified atom stereocenters. The van der Waals surface area contributed by atoms with Gasteiger partial charge in [-0.05, 0) is 45.3 Å². The molecule has 1 amide bonds. The van der Waals surface area contributed by atoms with Gasteiger partial charge >= 0.3 is 0 Å². The molecule has 0 bridgehead atoms. The van der Waals surface area contributed by atoms with Crippen molar-refractivity contribution in [1.29, 1.82) is 0 Å². The fourth-order valence-electron chi connectivity index (χ4n) is 3.41. The van der Waals surface area contributed by atoms with Crippen molar-refractivity contribution in [2.75, 3.05) is 47.4 Å². The van der Waals surface area contributed by atoms with Gasteiger partial charge < -0.3 is 14.4 Å². The Morgan fingerprint density at radius 3 is 2.81 bits per heavy atom. The van der Waals surface area contributed by atoms with E-state index >= 15 is 0 Å². The second kappa shape index (κ2) is 8.73. The lowest BCUT2D eigenvalue weighted by Crippen LogP contribution is -2.47. The molecular formula is C22H26N6O3. The second-order valence-electron chi connectivity index (χ2n) is 7.58. The zero-order valence-corrected chi connectivity index (χ0v) is 18.2. The van der Waals surface area contributed by atoms with Gasteiger partial charge in [-0.25, -0.2) is 4.99 Å². The maximum Gasteiger partial charge on any atom is 0.259 e. The highest BCUT2D eigenvalue weighted by Gasteiger charge is 2.33. The number of guanidine groups is 1. The van der Waals surface area contributed by atoms with Gasteiger partial charge in [0.1, 0.15) is 18.1 Å². The van der Waals surface area contributed by atoms with Gasteiger partial charge in [-0.2, -0.15) is 0 Å². The number of nitrogens with one attached hydrogen (secondary N) is 1. The number of aromatic nitrogens is 1. The quantitative estimate of drug-likeness (QED) is 0.764. The molecule has 0 atom stereocenters. The number of rotatable bonds is 6. The summed E-state index contributed by atoms with van der Waals surface area (Å²) in [6.45, 7) is 4.43. The first-order valence-corrected chi connectivity index (χ1v) is 10.1. The molecule has 1 aromatic carbocycles. The van der Waals surface area contributed by atoms with E-state index in [1.54, 1.807) is 25.4 Å². The molecule has 0 fully saturated rings. The number of likely N-dealkylation sites (N-methyl/N-ethyl adjacent to an activating group) is 1. The van der Waals surface area contributed by atoms with E-state index in [0.29, 0.717) is 48.4 Å². The van der Waals surface area contributed by atoms with Crippen LogP contribution in [0.25, 0.3) is 0 Å². The molecule has 162 valence electrons. The van der Waals surface area contributed by atoms with Crippen molar-refractivity contribution in [2.24, 2.45) is 9.98 Å². The zero-order chi connectivity index (χ0) is 22.0. The van der Waals surface area contributed by atoms with Gasteiger partial charge in [0.25, 0.3) is 5.91 Å². The van der Waals surface area contributed by atoms with E-state index in [2.05, 4.69) is 15.3 Å². The molecule has 3 heterocycles. The maximum atomic E-state index is 12.8. The number of aryl methyl sites for hydroxylation is 1. The highest BCUT2D eigenvalue weighted by Crippen LogP contribution is 2.43. The molecule has 2 aliphatic heterocycles. The van der Waals surface area contributed by atoms with Crippen molar-refractivity contribution >= 4 is 23.4 Å². The van der Waals surface area contributed by atoms with Gasteiger partial charge in [0, 0.05) is 30.5 Å². The van der Waals surface area contributed by atoms with Crippen LogP contribution in [0.15, 0.2) is 40.4 Å². The van der Waals surface area contributed by atoms with Gasteiger partial charge in [0.15, 0.2) is 11.5 Å². The number of aliphatic imine (C=N–C) groups is 2. The molecule has 2 aliphatic rings. The fourth-order valence-corrected chi connectivity index (χ4v) is 3.41. The van der Waals surface area contributed by atoms with Crippen molar-refractivity contribution in [2.45, 2.75) is 6.92 Å². The molecule has 0 aliphatic carbocycles. The second-order valence-corrected chi connectivity index (χ2v) is 7.58. The van der Waals surface area contributed by atoms with Gasteiger partial charge in [0.2, 0.25) is 5.96 Å². The predicted molar refractivity (Wildman–Crippen MR) is 119 cm³/mol. The Morgan fingerprint density at radius 1 is 1.26 bits per heavy atom. The van der Waals surface area contributed by atoms with E-state index in [9.17, 15) is 4.79 Å². The van der Waals surface area contributed by atoms with Crippen molar-refractivity contribution < 1.29 is 14.3 Å². The SMILES string of the molecule is COc1c(OCCN(C)C)ccc2c1N=C(NC(=O)c1ccc(C)nc1)N1CCN=C21. The van der Waals surface area contributed by atoms with E-state index < -0.39 is 0 Å². The first-order valence-electron chi connectivity index (χ1n) is 10.1. The zero-order valence-electron chi connectivity index (χ0n) is 18.2. The molecule has 0 saturated heterocycles. The first kappa shape index (κ1) is 20.8. The molecule has 2 aromatic rings. The fraction of sp³-hybridized carbons (Fsp3) is 0.364. The van der Waals surface area contributed by atoms with Crippen LogP contribution in [0.1, 0.15) is 21.6 Å². The van der Waals surface area contributed by atoms with Gasteiger partial charge in [0.05, 0.1) is 19.2 Å². The number of carbonyl (C=O) groups excluding carboxylic acids is 1. The lowest BCUT2D eigenvalue weighted by Gasteiger charge is -2.28. The van der Waals surface area contributed by atoms with Crippen LogP contribution < -0.4 is 14.8 Å². The normalized spacial score (nSPS) is 14.5. The molecule has 4 rings (SSSR count). The summed E-state index contributed by atoms with van der Waals surface area (Å²) in [6.07, 6.45) is 1.55. The Labute approximate surface area is 181 Å². The molecule has 0 radical (unpaired) electrons. The third-order valence-corrected chi connectivity index (χ3v) is 5.05. The number of hydrogen-bond donors (Lipinski definition) is 1. The van der Waals surface area contributed by atoms with Crippen molar-refractivity contribution in [1.82, 2.24) is 20.1 Å². The topological polar surface area (TPSA) is 91.7 Å². The number of fused-ring (bicyclic) bond motifs is 3. The minimum Gasteiger partial charge on any atom is -0.491 e. The molecule has 1 aromatic heterocycles. The molecule has 1 N–H and O–H groups in total. The number of pyridine rings is 1. The minimum atomic E-state index is -0.279. The van der Waals surface area contributed by atoms with Gasteiger partial charge in [-0.1, -0.05) is 0 Å². The average Bonchev–Trinajstić information content (AvgIpc) is 3.24. The molecule has 9 nitrogen and oxygen atoms in total. The lowest BCUT2D eigenvalue weighted by molar-refractivity contribution is 0.0973. The summed E-state index contributed by atoms with van der Waals surface area (Å²) < 4.78 is 11.6. The monoisotopic (exact) mass is 422 g/mol. The standard InChI is InChI=1S/C22H26N6O3/c1-14-5-6-15(13-24-14)21(29)26-22-25-18-16(20-23-9-10-28(20)22)7-8-17(19(18)30-4)31-12-11-27(2)3/h5-8,13H,9-12H2,1-4H3,(H,25,26,29). The van der Waals surface area contributed by atoms with Crippen LogP contribution in [0.5, 0.6) is 11.5 Å². The Hall–Kier alpha value is -3.46. The van der Waals surface area contributed by atoms with Crippen LogP contribution in [0.4, 0.5) is 5.69 Å². The van der Waals surface area contributed by atoms with Crippen molar-refractivity contribution in [3.8, 4) is 11.5 Å². The summed E-state index contributed by atoms with van der Waals surface area (Å²) in [5.41, 5.74) is 2.76. The molecular weight excluding hydrogens is 396 g/mol. The summed E-state index contributed by atoms with van der Waals surface area (Å²) in [5.74, 6) is 2.03. The number of carbonyl (C=O) groups is 1. The Morgan fingerprint density at radius 2 is 2.10 bits per heavy atom. The number of amides is 1. The summed E-state index contributed by atoms with van der Waals surface area (Å²) in [6, 6.07) is 7.36. The molecule has 0 spiro atoms. The summed E-state index contributed by atoms with van der Waals surface area (Å²) >= 11 is 0. The van der Waals surface area contributed by atoms with E-state index in [4.69, 9.17) is 14.5 Å². The van der Waals surface area contributed by atoms with Gasteiger partial charge in [-0.15, -0.1) is 0 Å². The highest BCUT2D eigenvalue weighted by molar-refractivity contribution is 6.20. The third-order valence-electron chi connectivity index (χ3n) is 5.05. The molecule has 31 heavy (non-hydrogen) atoms. The van der Waals surface area contributed by atoms with Crippen LogP contribution in [-0.2, 0) is 0 Å². The smallest absolute Gasteiger partial charge is 0.259 e. The van der Waals surface area contributed by atoms with E-state index in [-0.39, 0.29) is 5.91 Å². The molecule has 9 heteroatoms. The van der Waals surface area contributed by atoms with Crippen molar-refractivity contribution in [3.05, 3.63) is 47.3 Å². The van der Waals surface area contributed by atoms with Crippen LogP contribution >= 0.6 is 0 Å². The number of methoxy groups -OCH3 is 1. The Balaban J connectivity index is 1.67. The first-order chi connectivity index (χ1) is 15.0. The van der Waals surface area contributed by atoms with E-state index in [0.717, 1.165) is 23.6 Å². The maximum absolute atomic E-state index is 12.8. The third kappa shape index (κ3) is 4.22. The van der Waals surface area contributed by atoms with Crippen LogP contribution in [-0.4, -0.2) is 79.9 Å². The van der Waals surface area contributed by atoms with Crippen LogP contribution in [0.2, 0.25) is 0 Å². The lowest BCUT2D eigenvalue weighted by atomic mass is 10.1. The Kier molecular flexibility index (Phi) is 5.85. The van der Waals surface area contributed by atoms with E-state index in [1.165, 1.54) is 0 Å². The summed E-state index contributed by atoms with van der Waals surface area (Å²) in [5, 5.41) is 2.91. The minimum absolute atomic E-state index is 0.279. The summed E-state index contributed by atoms with van der Waals surface area (Å²) in [4.78, 5) is 30.3. The number of hydrogen-bond acceptors (Lipinski definition) is 8. The summed E-state index contributed by atoms with van der Waals surface area (Å²) in [7, 11) is 5.56. The predicted octanol–water partition coefficient (Wildman–Crippen LogP) is 1.83. The average molecular weight is 422 g/mol. The number of benzene rings is 1. The highest BCUT2D eigenvalue weighted by atomic mass is 16.5. The number of nitrogens with zero attached hydrogens (tertiary/aromatic N) is 5. The number of amidine groups is 1. The number of ether oxygens (including phenoxy) is 2. The Bertz CT molecular complexity index is 1050. The van der Waals surface area contributed by atoms with Crippen molar-refractivity contribution in [3.63, 3.8) is 0 Å².